The number of aromatic nitrogens is 3. The molecule has 34 heavy (non-hydrogen) atoms. The van der Waals surface area contributed by atoms with E-state index < -0.39 is 17.7 Å². The molecular formula is C25H28N4O5. The summed E-state index contributed by atoms with van der Waals surface area (Å²) in [5.74, 6) is -0.0151. The molecule has 0 aliphatic rings. The van der Waals surface area contributed by atoms with Crippen molar-refractivity contribution in [3.8, 4) is 11.4 Å². The summed E-state index contributed by atoms with van der Waals surface area (Å²) < 4.78 is 11.5. The minimum Gasteiger partial charge on any atom is -0.465 e. The molecule has 0 saturated carbocycles. The number of rotatable bonds is 6. The van der Waals surface area contributed by atoms with Crippen LogP contribution in [0.25, 0.3) is 11.4 Å². The monoisotopic (exact) mass is 464 g/mol. The van der Waals surface area contributed by atoms with E-state index in [2.05, 4.69) is 15.3 Å². The van der Waals surface area contributed by atoms with Crippen molar-refractivity contribution in [2.75, 3.05) is 7.11 Å². The van der Waals surface area contributed by atoms with Crippen molar-refractivity contribution in [1.82, 2.24) is 19.9 Å². The third-order valence-corrected chi connectivity index (χ3v) is 4.84. The molecule has 3 aromatic rings. The van der Waals surface area contributed by atoms with Gasteiger partial charge in [0.05, 0.1) is 42.7 Å². The highest BCUT2D eigenvalue weighted by atomic mass is 16.6. The number of pyridine rings is 1. The topological polar surface area (TPSA) is 112 Å². The molecule has 1 amide bonds. The number of nitrogens with one attached hydrogen (secondary N) is 1. The van der Waals surface area contributed by atoms with E-state index in [-0.39, 0.29) is 18.6 Å². The van der Waals surface area contributed by atoms with Gasteiger partial charge in [0.1, 0.15) is 11.4 Å². The first-order valence-corrected chi connectivity index (χ1v) is 10.7. The van der Waals surface area contributed by atoms with Crippen molar-refractivity contribution >= 4 is 12.1 Å². The molecule has 1 aromatic carbocycles. The molecule has 0 radical (unpaired) electrons. The van der Waals surface area contributed by atoms with Crippen LogP contribution in [0, 0.1) is 6.92 Å². The van der Waals surface area contributed by atoms with Crippen LogP contribution in [0.1, 0.15) is 48.1 Å². The SMILES string of the molecule is COC(=O)c1ccc(Cn2c(-c3ccccc3)ncc(CNC(=O)OC(C)(C)C)c2=O)nc1C. The molecule has 0 spiro atoms. The molecule has 2 aromatic heterocycles. The van der Waals surface area contributed by atoms with Crippen LogP contribution < -0.4 is 10.9 Å². The number of alkyl carbamates (subject to hydrolysis) is 1. The van der Waals surface area contributed by atoms with Crippen molar-refractivity contribution in [3.05, 3.63) is 81.5 Å². The van der Waals surface area contributed by atoms with Crippen LogP contribution in [-0.2, 0) is 22.6 Å². The van der Waals surface area contributed by atoms with Gasteiger partial charge >= 0.3 is 12.1 Å². The molecular weight excluding hydrogens is 436 g/mol. The molecule has 9 nitrogen and oxygen atoms in total. The smallest absolute Gasteiger partial charge is 0.407 e. The lowest BCUT2D eigenvalue weighted by Crippen LogP contribution is -2.35. The van der Waals surface area contributed by atoms with Gasteiger partial charge in [0, 0.05) is 11.8 Å². The van der Waals surface area contributed by atoms with Crippen molar-refractivity contribution in [2.24, 2.45) is 0 Å². The normalized spacial score (nSPS) is 11.1. The molecule has 1 N–H and O–H groups in total. The number of amides is 1. The maximum atomic E-state index is 13.4. The number of benzene rings is 1. The Morgan fingerprint density at radius 1 is 1.09 bits per heavy atom. The Morgan fingerprint density at radius 2 is 1.79 bits per heavy atom. The number of hydrogen-bond acceptors (Lipinski definition) is 7. The van der Waals surface area contributed by atoms with Crippen molar-refractivity contribution in [3.63, 3.8) is 0 Å². The number of nitrogens with zero attached hydrogens (tertiary/aromatic N) is 3. The molecule has 0 aliphatic heterocycles. The standard InChI is InChI=1S/C25H28N4O5/c1-16-20(23(31)33-5)12-11-19(28-16)15-29-21(17-9-7-6-8-10-17)26-13-18(22(29)30)14-27-24(32)34-25(2,3)4/h6-13H,14-15H2,1-5H3,(H,27,32). The van der Waals surface area contributed by atoms with Crippen molar-refractivity contribution in [1.29, 1.82) is 0 Å². The zero-order valence-corrected chi connectivity index (χ0v) is 19.9. The number of esters is 1. The summed E-state index contributed by atoms with van der Waals surface area (Å²) in [5, 5.41) is 2.60. The van der Waals surface area contributed by atoms with Gasteiger partial charge in [0.15, 0.2) is 0 Å². The highest BCUT2D eigenvalue weighted by Crippen LogP contribution is 2.17. The Kier molecular flexibility index (Phi) is 7.45. The second-order valence-corrected chi connectivity index (χ2v) is 8.65. The molecule has 2 heterocycles. The molecule has 3 rings (SSSR count). The van der Waals surface area contributed by atoms with Gasteiger partial charge in [-0.1, -0.05) is 30.3 Å². The zero-order valence-electron chi connectivity index (χ0n) is 19.9. The van der Waals surface area contributed by atoms with E-state index in [0.717, 1.165) is 5.56 Å². The van der Waals surface area contributed by atoms with Gasteiger partial charge in [-0.25, -0.2) is 14.6 Å². The summed E-state index contributed by atoms with van der Waals surface area (Å²) in [6.45, 7) is 7.07. The van der Waals surface area contributed by atoms with Crippen LogP contribution in [0.15, 0.2) is 53.5 Å². The fourth-order valence-corrected chi connectivity index (χ4v) is 3.29. The summed E-state index contributed by atoms with van der Waals surface area (Å²) in [4.78, 5) is 46.3. The first-order valence-electron chi connectivity index (χ1n) is 10.7. The van der Waals surface area contributed by atoms with Gasteiger partial charge in [-0.2, -0.15) is 0 Å². The Labute approximate surface area is 197 Å². The van der Waals surface area contributed by atoms with Crippen molar-refractivity contribution < 1.29 is 19.1 Å². The Balaban J connectivity index is 1.97. The first kappa shape index (κ1) is 24.6. The molecule has 0 fully saturated rings. The quantitative estimate of drug-likeness (QED) is 0.556. The second-order valence-electron chi connectivity index (χ2n) is 8.65. The van der Waals surface area contributed by atoms with E-state index in [1.807, 2.05) is 30.3 Å². The average Bonchev–Trinajstić information content (AvgIpc) is 2.78. The fraction of sp³-hybridized carbons (Fsp3) is 0.320. The Hall–Kier alpha value is -4.01. The van der Waals surface area contributed by atoms with Crippen LogP contribution in [0.5, 0.6) is 0 Å². The molecule has 0 bridgehead atoms. The Morgan fingerprint density at radius 3 is 2.41 bits per heavy atom. The predicted octanol–water partition coefficient (Wildman–Crippen LogP) is 3.47. The lowest BCUT2D eigenvalue weighted by atomic mass is 10.1. The number of aryl methyl sites for hydroxylation is 1. The molecule has 0 saturated heterocycles. The number of methoxy groups -OCH3 is 1. The summed E-state index contributed by atoms with van der Waals surface area (Å²) in [6.07, 6.45) is 0.832. The van der Waals surface area contributed by atoms with E-state index in [0.29, 0.717) is 28.3 Å². The highest BCUT2D eigenvalue weighted by Gasteiger charge is 2.18. The summed E-state index contributed by atoms with van der Waals surface area (Å²) in [6, 6.07) is 12.6. The molecule has 178 valence electrons. The largest absolute Gasteiger partial charge is 0.465 e. The number of hydrogen-bond donors (Lipinski definition) is 1. The van der Waals surface area contributed by atoms with Crippen LogP contribution in [-0.4, -0.2) is 39.3 Å². The van der Waals surface area contributed by atoms with Crippen LogP contribution in [0.2, 0.25) is 0 Å². The number of carbonyl (C=O) groups is 2. The second kappa shape index (κ2) is 10.3. The summed E-state index contributed by atoms with van der Waals surface area (Å²) >= 11 is 0. The van der Waals surface area contributed by atoms with E-state index in [1.165, 1.54) is 17.9 Å². The van der Waals surface area contributed by atoms with E-state index in [9.17, 15) is 14.4 Å². The third-order valence-electron chi connectivity index (χ3n) is 4.84. The van der Waals surface area contributed by atoms with E-state index in [4.69, 9.17) is 9.47 Å². The van der Waals surface area contributed by atoms with E-state index in [1.54, 1.807) is 39.8 Å². The third kappa shape index (κ3) is 6.06. The Bertz CT molecular complexity index is 1250. The summed E-state index contributed by atoms with van der Waals surface area (Å²) in [5.41, 5.74) is 1.51. The lowest BCUT2D eigenvalue weighted by molar-refractivity contribution is 0.0522. The van der Waals surface area contributed by atoms with Gasteiger partial charge < -0.3 is 14.8 Å². The maximum Gasteiger partial charge on any atom is 0.407 e. The van der Waals surface area contributed by atoms with Crippen LogP contribution in [0.3, 0.4) is 0 Å². The van der Waals surface area contributed by atoms with Crippen LogP contribution in [0.4, 0.5) is 4.79 Å². The highest BCUT2D eigenvalue weighted by molar-refractivity contribution is 5.90. The van der Waals surface area contributed by atoms with E-state index >= 15 is 0 Å². The lowest BCUT2D eigenvalue weighted by Gasteiger charge is -2.20. The van der Waals surface area contributed by atoms with Gasteiger partial charge in [0.2, 0.25) is 0 Å². The van der Waals surface area contributed by atoms with Crippen LogP contribution >= 0.6 is 0 Å². The minimum absolute atomic E-state index is 0.0381. The molecule has 0 unspecified atom stereocenters. The molecule has 9 heteroatoms. The first-order chi connectivity index (χ1) is 16.1. The van der Waals surface area contributed by atoms with Gasteiger partial charge in [-0.3, -0.25) is 14.3 Å². The summed E-state index contributed by atoms with van der Waals surface area (Å²) in [7, 11) is 1.31. The molecule has 0 aliphatic carbocycles. The zero-order chi connectivity index (χ0) is 24.9. The number of carbonyl (C=O) groups excluding carboxylic acids is 2. The average molecular weight is 465 g/mol. The fourth-order valence-electron chi connectivity index (χ4n) is 3.29. The maximum absolute atomic E-state index is 13.4. The minimum atomic E-state index is -0.653. The number of ether oxygens (including phenoxy) is 2. The van der Waals surface area contributed by atoms with Gasteiger partial charge in [-0.05, 0) is 39.8 Å². The van der Waals surface area contributed by atoms with Gasteiger partial charge in [-0.15, -0.1) is 0 Å². The van der Waals surface area contributed by atoms with Gasteiger partial charge in [0.25, 0.3) is 5.56 Å². The predicted molar refractivity (Wildman–Crippen MR) is 126 cm³/mol. The molecule has 0 atom stereocenters. The van der Waals surface area contributed by atoms with Crippen molar-refractivity contribution in [2.45, 2.75) is 46.4 Å².